The van der Waals surface area contributed by atoms with E-state index in [1.165, 1.54) is 12.2 Å². The summed E-state index contributed by atoms with van der Waals surface area (Å²) in [6.45, 7) is 6.96. The summed E-state index contributed by atoms with van der Waals surface area (Å²) < 4.78 is 0. The average Bonchev–Trinajstić information content (AvgIpc) is 1.99. The number of rotatable bonds is 4. The molecule has 3 N–H and O–H groups in total. The van der Waals surface area contributed by atoms with E-state index < -0.39 is 5.91 Å². The Balaban J connectivity index is 4.92. The molecule has 60 valence electrons. The van der Waals surface area contributed by atoms with Gasteiger partial charge in [-0.15, -0.1) is 0 Å². The lowest BCUT2D eigenvalue weighted by atomic mass is 10.2. The van der Waals surface area contributed by atoms with Gasteiger partial charge in [-0.05, 0) is 6.08 Å². The average molecular weight is 152 g/mol. The maximum Gasteiger partial charge on any atom is 0.250 e. The first-order chi connectivity index (χ1) is 5.17. The molecule has 0 aromatic carbocycles. The first-order valence-corrected chi connectivity index (χ1v) is 3.14. The summed E-state index contributed by atoms with van der Waals surface area (Å²) in [7, 11) is 1.68. The van der Waals surface area contributed by atoms with E-state index in [1.54, 1.807) is 7.05 Å². The fourth-order valence-electron chi connectivity index (χ4n) is 0.690. The van der Waals surface area contributed by atoms with Crippen LogP contribution in [0.25, 0.3) is 0 Å². The Morgan fingerprint density at radius 3 is 2.09 bits per heavy atom. The van der Waals surface area contributed by atoms with E-state index >= 15 is 0 Å². The van der Waals surface area contributed by atoms with Gasteiger partial charge >= 0.3 is 0 Å². The molecule has 0 fully saturated rings. The summed E-state index contributed by atoms with van der Waals surface area (Å²) in [5, 5.41) is 2.77. The van der Waals surface area contributed by atoms with Crippen LogP contribution in [-0.2, 0) is 4.79 Å². The van der Waals surface area contributed by atoms with Crippen molar-refractivity contribution in [3.8, 4) is 0 Å². The van der Waals surface area contributed by atoms with Crippen LogP contribution in [0.3, 0.4) is 0 Å². The van der Waals surface area contributed by atoms with E-state index in [9.17, 15) is 4.79 Å². The van der Waals surface area contributed by atoms with Crippen molar-refractivity contribution in [1.82, 2.24) is 5.32 Å². The lowest BCUT2D eigenvalue weighted by molar-refractivity contribution is -0.114. The summed E-state index contributed by atoms with van der Waals surface area (Å²) in [5.74, 6) is -0.510. The zero-order chi connectivity index (χ0) is 8.85. The molecule has 0 unspecified atom stereocenters. The number of allylic oxidation sites excluding steroid dienone is 1. The normalized spacial score (nSPS) is 11.4. The fraction of sp³-hybridized carbons (Fsp3) is 0.125. The molecular formula is C8H12N2O. The van der Waals surface area contributed by atoms with Crippen LogP contribution in [0.5, 0.6) is 0 Å². The van der Waals surface area contributed by atoms with E-state index in [0.29, 0.717) is 11.3 Å². The number of carbonyl (C=O) groups is 1. The maximum atomic E-state index is 10.7. The second-order valence-electron chi connectivity index (χ2n) is 1.85. The highest BCUT2D eigenvalue weighted by molar-refractivity contribution is 5.95. The van der Waals surface area contributed by atoms with Gasteiger partial charge in [-0.1, -0.05) is 19.2 Å². The Morgan fingerprint density at radius 1 is 1.45 bits per heavy atom. The van der Waals surface area contributed by atoms with Crippen molar-refractivity contribution >= 4 is 5.91 Å². The highest BCUT2D eigenvalue weighted by Gasteiger charge is 2.03. The number of nitrogens with one attached hydrogen (secondary N) is 1. The third-order valence-electron chi connectivity index (χ3n) is 1.23. The maximum absolute atomic E-state index is 10.7. The molecule has 0 spiro atoms. The number of carbonyl (C=O) groups excluding carboxylic acids is 1. The van der Waals surface area contributed by atoms with Crippen molar-refractivity contribution in [2.75, 3.05) is 7.05 Å². The second kappa shape index (κ2) is 4.33. The van der Waals surface area contributed by atoms with Crippen LogP contribution in [0, 0.1) is 0 Å². The molecule has 0 rings (SSSR count). The topological polar surface area (TPSA) is 55.1 Å². The van der Waals surface area contributed by atoms with Crippen molar-refractivity contribution < 1.29 is 4.79 Å². The largest absolute Gasteiger partial charge is 0.387 e. The van der Waals surface area contributed by atoms with Gasteiger partial charge in [0.15, 0.2) is 0 Å². The zero-order valence-corrected chi connectivity index (χ0v) is 6.55. The van der Waals surface area contributed by atoms with Crippen molar-refractivity contribution in [1.29, 1.82) is 0 Å². The first kappa shape index (κ1) is 9.49. The molecule has 0 heterocycles. The van der Waals surface area contributed by atoms with Gasteiger partial charge in [-0.2, -0.15) is 0 Å². The zero-order valence-electron chi connectivity index (χ0n) is 6.55. The standard InChI is InChI=1S/C8H12N2O/c1-4-6(8(9)11)7(5-2)10-3/h4-5,10H,1-2H2,3H3,(H2,9,11)/b7-6-. The summed E-state index contributed by atoms with van der Waals surface area (Å²) >= 11 is 0. The van der Waals surface area contributed by atoms with E-state index in [1.807, 2.05) is 0 Å². The minimum Gasteiger partial charge on any atom is -0.387 e. The highest BCUT2D eigenvalue weighted by Crippen LogP contribution is 2.01. The number of nitrogens with two attached hydrogens (primary N) is 1. The van der Waals surface area contributed by atoms with Crippen molar-refractivity contribution in [2.24, 2.45) is 5.73 Å². The molecule has 0 aliphatic rings. The number of primary amides is 1. The summed E-state index contributed by atoms with van der Waals surface area (Å²) in [5.41, 5.74) is 5.98. The molecule has 0 aliphatic carbocycles. The molecule has 1 amide bonds. The Labute approximate surface area is 66.3 Å². The number of amides is 1. The van der Waals surface area contributed by atoms with Crippen LogP contribution >= 0.6 is 0 Å². The van der Waals surface area contributed by atoms with E-state index in [2.05, 4.69) is 18.5 Å². The highest BCUT2D eigenvalue weighted by atomic mass is 16.1. The minimum absolute atomic E-state index is 0.350. The molecule has 0 saturated carbocycles. The smallest absolute Gasteiger partial charge is 0.250 e. The molecule has 0 bridgehead atoms. The second-order valence-corrected chi connectivity index (χ2v) is 1.85. The molecule has 0 saturated heterocycles. The molecule has 0 aromatic heterocycles. The van der Waals surface area contributed by atoms with Gasteiger partial charge in [0.2, 0.25) is 0 Å². The van der Waals surface area contributed by atoms with Gasteiger partial charge in [0, 0.05) is 12.7 Å². The SMILES string of the molecule is C=C/C(NC)=C(\C=C)C(N)=O. The fourth-order valence-corrected chi connectivity index (χ4v) is 0.690. The van der Waals surface area contributed by atoms with E-state index in [-0.39, 0.29) is 0 Å². The molecule has 0 aliphatic heterocycles. The third-order valence-corrected chi connectivity index (χ3v) is 1.23. The predicted molar refractivity (Wildman–Crippen MR) is 45.7 cm³/mol. The molecule has 0 radical (unpaired) electrons. The molecule has 0 atom stereocenters. The van der Waals surface area contributed by atoms with Crippen LogP contribution in [0.15, 0.2) is 36.6 Å². The molecule has 0 aromatic rings. The van der Waals surface area contributed by atoms with Gasteiger partial charge in [-0.3, -0.25) is 4.79 Å². The van der Waals surface area contributed by atoms with Gasteiger partial charge in [0.05, 0.1) is 5.57 Å². The van der Waals surface area contributed by atoms with Crippen LogP contribution in [0.1, 0.15) is 0 Å². The van der Waals surface area contributed by atoms with Crippen molar-refractivity contribution in [3.63, 3.8) is 0 Å². The van der Waals surface area contributed by atoms with Crippen molar-refractivity contribution in [3.05, 3.63) is 36.6 Å². The predicted octanol–water partition coefficient (Wildman–Crippen LogP) is 0.317. The Morgan fingerprint density at radius 2 is 2.00 bits per heavy atom. The quantitative estimate of drug-likeness (QED) is 0.450. The summed E-state index contributed by atoms with van der Waals surface area (Å²) in [6.07, 6.45) is 2.91. The van der Waals surface area contributed by atoms with Crippen molar-refractivity contribution in [2.45, 2.75) is 0 Å². The van der Waals surface area contributed by atoms with Crippen LogP contribution in [0.2, 0.25) is 0 Å². The molecule has 11 heavy (non-hydrogen) atoms. The monoisotopic (exact) mass is 152 g/mol. The Kier molecular flexibility index (Phi) is 3.73. The van der Waals surface area contributed by atoms with Gasteiger partial charge in [0.25, 0.3) is 5.91 Å². The molecule has 3 nitrogen and oxygen atoms in total. The number of likely N-dealkylation sites (N-methyl/N-ethyl adjacent to an activating group) is 1. The van der Waals surface area contributed by atoms with Crippen LogP contribution in [0.4, 0.5) is 0 Å². The van der Waals surface area contributed by atoms with Gasteiger partial charge in [-0.25, -0.2) is 0 Å². The number of hydrogen-bond acceptors (Lipinski definition) is 2. The van der Waals surface area contributed by atoms with E-state index in [4.69, 9.17) is 5.73 Å². The summed E-state index contributed by atoms with van der Waals surface area (Å²) in [6, 6.07) is 0. The number of hydrogen-bond donors (Lipinski definition) is 2. The lowest BCUT2D eigenvalue weighted by Crippen LogP contribution is -2.18. The molecule has 3 heteroatoms. The Bertz CT molecular complexity index is 216. The third kappa shape index (κ3) is 2.29. The van der Waals surface area contributed by atoms with Gasteiger partial charge < -0.3 is 11.1 Å². The molecular weight excluding hydrogens is 140 g/mol. The first-order valence-electron chi connectivity index (χ1n) is 3.14. The van der Waals surface area contributed by atoms with Crippen LogP contribution < -0.4 is 11.1 Å². The Hall–Kier alpha value is -1.51. The van der Waals surface area contributed by atoms with Crippen LogP contribution in [-0.4, -0.2) is 13.0 Å². The summed E-state index contributed by atoms with van der Waals surface area (Å²) in [4.78, 5) is 10.7. The lowest BCUT2D eigenvalue weighted by Gasteiger charge is -2.03. The van der Waals surface area contributed by atoms with E-state index in [0.717, 1.165) is 0 Å². The minimum atomic E-state index is -0.510. The van der Waals surface area contributed by atoms with Gasteiger partial charge in [0.1, 0.15) is 0 Å².